The Morgan fingerprint density at radius 1 is 1.26 bits per heavy atom. The number of benzene rings is 1. The quantitative estimate of drug-likeness (QED) is 0.306. The fraction of sp³-hybridized carbons (Fsp3) is 0.353. The van der Waals surface area contributed by atoms with Crippen molar-refractivity contribution < 1.29 is 18.8 Å². The van der Waals surface area contributed by atoms with Crippen LogP contribution < -0.4 is 10.9 Å². The van der Waals surface area contributed by atoms with Crippen LogP contribution in [0.4, 0.5) is 0 Å². The van der Waals surface area contributed by atoms with Crippen LogP contribution in [0, 0.1) is 0 Å². The van der Waals surface area contributed by atoms with Crippen LogP contribution >= 0.6 is 23.5 Å². The fourth-order valence-corrected chi connectivity index (χ4v) is 7.59. The molecule has 3 aromatic rings. The molecule has 0 aliphatic carbocycles. The average molecular weight is 520 g/mol. The van der Waals surface area contributed by atoms with E-state index in [0.29, 0.717) is 11.0 Å². The van der Waals surface area contributed by atoms with Gasteiger partial charge in [0.25, 0.3) is 0 Å². The zero-order chi connectivity index (χ0) is 19.3. The monoisotopic (exact) mass is 520 g/mol. The number of hydrogen-bond donors (Lipinski definition) is 2. The second-order valence-electron chi connectivity index (χ2n) is 6.74. The molecule has 4 rings (SSSR count). The Kier molecular flexibility index (Phi) is 5.25. The Morgan fingerprint density at radius 2 is 1.96 bits per heavy atom. The summed E-state index contributed by atoms with van der Waals surface area (Å²) in [6, 6.07) is 4.92. The number of likely N-dealkylation sites (N-methyl/N-ethyl adjacent to an activating group) is 1. The van der Waals surface area contributed by atoms with Gasteiger partial charge in [-0.2, -0.15) is 0 Å². The van der Waals surface area contributed by atoms with Crippen molar-refractivity contribution in [3.63, 3.8) is 0 Å². The van der Waals surface area contributed by atoms with Crippen LogP contribution in [0.2, 0.25) is 0 Å². The first-order valence-electron chi connectivity index (χ1n) is 8.39. The van der Waals surface area contributed by atoms with Gasteiger partial charge in [0.2, 0.25) is 0 Å². The third-order valence-electron chi connectivity index (χ3n) is 4.82. The van der Waals surface area contributed by atoms with E-state index >= 15 is 0 Å². The van der Waals surface area contributed by atoms with Gasteiger partial charge in [-0.1, -0.05) is 0 Å². The van der Waals surface area contributed by atoms with Gasteiger partial charge in [0.15, 0.2) is 0 Å². The summed E-state index contributed by atoms with van der Waals surface area (Å²) in [6.07, 6.45) is 0. The van der Waals surface area contributed by atoms with Crippen molar-refractivity contribution in [1.82, 2.24) is 9.80 Å². The molecule has 2 aromatic heterocycles. The molecule has 3 heterocycles. The summed E-state index contributed by atoms with van der Waals surface area (Å²) < 4.78 is 20.1. The van der Waals surface area contributed by atoms with Gasteiger partial charge in [-0.25, -0.2) is 0 Å². The van der Waals surface area contributed by atoms with E-state index in [0.717, 1.165) is 46.8 Å². The maximum atomic E-state index is 12.1. The minimum atomic E-state index is -4.67. The molecule has 2 N–H and O–H groups in total. The summed E-state index contributed by atoms with van der Waals surface area (Å²) in [7, 11) is -2.54. The molecule has 0 radical (unpaired) electrons. The van der Waals surface area contributed by atoms with Crippen molar-refractivity contribution >= 4 is 63.9 Å². The summed E-state index contributed by atoms with van der Waals surface area (Å²) in [4.78, 5) is 35.5. The van der Waals surface area contributed by atoms with Gasteiger partial charge in [0.1, 0.15) is 0 Å². The summed E-state index contributed by atoms with van der Waals surface area (Å²) in [5.74, 6) is 0. The standard InChI is InChI=1S/C17H18BrN2O5PSe/c1-19-4-6-20(7-5-19)9-13-14(18)11-3-2-10-8-12(26(22,23)24)17(21)25-15(10)16(11)27-13/h2-3,8H,4-7,9H2,1H3,(H2,22,23,24). The van der Waals surface area contributed by atoms with Gasteiger partial charge in [-0.05, 0) is 0 Å². The molecular weight excluding hydrogens is 502 g/mol. The Bertz CT molecular complexity index is 1130. The normalized spacial score (nSPS) is 17.2. The molecule has 27 heavy (non-hydrogen) atoms. The zero-order valence-corrected chi connectivity index (χ0v) is 18.7. The second kappa shape index (κ2) is 7.25. The zero-order valence-electron chi connectivity index (χ0n) is 14.5. The number of rotatable bonds is 3. The molecule has 1 aliphatic heterocycles. The molecule has 0 saturated carbocycles. The first-order chi connectivity index (χ1) is 12.7. The average Bonchev–Trinajstić information content (AvgIpc) is 2.92. The predicted octanol–water partition coefficient (Wildman–Crippen LogP) is 1.32. The van der Waals surface area contributed by atoms with E-state index in [1.54, 1.807) is 6.07 Å². The molecule has 0 unspecified atom stereocenters. The molecule has 0 amide bonds. The van der Waals surface area contributed by atoms with Gasteiger partial charge >= 0.3 is 170 Å². The van der Waals surface area contributed by atoms with E-state index in [9.17, 15) is 19.1 Å². The molecule has 1 aliphatic rings. The summed E-state index contributed by atoms with van der Waals surface area (Å²) >= 11 is 3.69. The van der Waals surface area contributed by atoms with Crippen molar-refractivity contribution in [3.05, 3.63) is 37.5 Å². The number of hydrogen-bond acceptors (Lipinski definition) is 5. The van der Waals surface area contributed by atoms with Crippen LogP contribution in [-0.2, 0) is 11.1 Å². The molecule has 0 atom stereocenters. The van der Waals surface area contributed by atoms with Crippen LogP contribution in [0.15, 0.2) is 31.9 Å². The summed E-state index contributed by atoms with van der Waals surface area (Å²) in [5.41, 5.74) is -0.538. The summed E-state index contributed by atoms with van der Waals surface area (Å²) in [6.45, 7) is 5.01. The second-order valence-corrected chi connectivity index (χ2v) is 11.4. The van der Waals surface area contributed by atoms with Crippen LogP contribution in [-0.4, -0.2) is 67.3 Å². The number of fused-ring (bicyclic) bond motifs is 3. The molecule has 144 valence electrons. The van der Waals surface area contributed by atoms with Gasteiger partial charge in [0.05, 0.1) is 0 Å². The Hall–Kier alpha value is -0.761. The van der Waals surface area contributed by atoms with E-state index in [1.165, 1.54) is 10.5 Å². The van der Waals surface area contributed by atoms with E-state index in [4.69, 9.17) is 4.42 Å². The Balaban J connectivity index is 1.79. The number of piperazine rings is 1. The maximum absolute atomic E-state index is 12.1. The van der Waals surface area contributed by atoms with Gasteiger partial charge in [-0.15, -0.1) is 0 Å². The molecule has 1 saturated heterocycles. The van der Waals surface area contributed by atoms with Gasteiger partial charge in [-0.3, -0.25) is 0 Å². The van der Waals surface area contributed by atoms with Gasteiger partial charge < -0.3 is 0 Å². The first-order valence-corrected chi connectivity index (χ1v) is 12.5. The molecule has 1 aromatic carbocycles. The topological polar surface area (TPSA) is 94.2 Å². The van der Waals surface area contributed by atoms with Crippen molar-refractivity contribution in [1.29, 1.82) is 0 Å². The molecule has 10 heteroatoms. The molecule has 0 spiro atoms. The van der Waals surface area contributed by atoms with Crippen molar-refractivity contribution in [2.45, 2.75) is 6.54 Å². The molecular formula is C17H18BrN2O5PSe. The van der Waals surface area contributed by atoms with E-state index < -0.39 is 18.5 Å². The van der Waals surface area contributed by atoms with Crippen LogP contribution in [0.1, 0.15) is 4.44 Å². The SMILES string of the molecule is CN1CCN(Cc2[se]c3c(ccc4cc(P(=O)(O)O)c(=O)oc43)c2Br)CC1. The van der Waals surface area contributed by atoms with E-state index in [1.807, 2.05) is 6.07 Å². The molecule has 7 nitrogen and oxygen atoms in total. The summed E-state index contributed by atoms with van der Waals surface area (Å²) in [5, 5.41) is 0.943. The van der Waals surface area contributed by atoms with E-state index in [-0.39, 0.29) is 14.5 Å². The molecule has 1 fully saturated rings. The predicted molar refractivity (Wildman–Crippen MR) is 109 cm³/mol. The van der Waals surface area contributed by atoms with E-state index in [2.05, 4.69) is 32.8 Å². The molecule has 0 bridgehead atoms. The van der Waals surface area contributed by atoms with Crippen molar-refractivity contribution in [2.24, 2.45) is 0 Å². The Morgan fingerprint density at radius 3 is 2.63 bits per heavy atom. The van der Waals surface area contributed by atoms with Crippen molar-refractivity contribution in [3.8, 4) is 0 Å². The Labute approximate surface area is 169 Å². The van der Waals surface area contributed by atoms with Gasteiger partial charge in [0, 0.05) is 0 Å². The van der Waals surface area contributed by atoms with Crippen molar-refractivity contribution in [2.75, 3.05) is 33.2 Å². The van der Waals surface area contributed by atoms with Crippen LogP contribution in [0.25, 0.3) is 20.6 Å². The third-order valence-corrected chi connectivity index (χ3v) is 9.75. The van der Waals surface area contributed by atoms with Crippen LogP contribution in [0.3, 0.4) is 0 Å². The number of nitrogens with zero attached hydrogens (tertiary/aromatic N) is 2. The minimum absolute atomic E-state index is 0.0173. The first kappa shape index (κ1) is 19.6. The fourth-order valence-electron chi connectivity index (χ4n) is 3.25. The van der Waals surface area contributed by atoms with Crippen LogP contribution in [0.5, 0.6) is 0 Å². The number of halogens is 1. The third kappa shape index (κ3) is 3.76.